The highest BCUT2D eigenvalue weighted by Gasteiger charge is 2.38. The van der Waals surface area contributed by atoms with E-state index in [1.165, 1.54) is 6.07 Å². The summed E-state index contributed by atoms with van der Waals surface area (Å²) in [5.41, 5.74) is -3.70. The van der Waals surface area contributed by atoms with Gasteiger partial charge in [-0.3, -0.25) is 0 Å². The maximum atomic E-state index is 13.2. The minimum absolute atomic E-state index is 0.0895. The summed E-state index contributed by atoms with van der Waals surface area (Å²) < 4.78 is 79.1. The Kier molecular flexibility index (Phi) is 4.87. The first-order valence-electron chi connectivity index (χ1n) is 8.07. The normalized spacial score (nSPS) is 19.9. The van der Waals surface area contributed by atoms with Crippen LogP contribution in [0.1, 0.15) is 42.2 Å². The summed E-state index contributed by atoms with van der Waals surface area (Å²) in [5.74, 6) is 0. The van der Waals surface area contributed by atoms with Gasteiger partial charge in [-0.05, 0) is 43.5 Å². The predicted octanol–water partition coefficient (Wildman–Crippen LogP) is 4.45. The third-order valence-electron chi connectivity index (χ3n) is 4.50. The Morgan fingerprint density at radius 1 is 1.15 bits per heavy atom. The van der Waals surface area contributed by atoms with Crippen molar-refractivity contribution in [2.24, 2.45) is 0 Å². The van der Waals surface area contributed by atoms with Crippen molar-refractivity contribution in [1.82, 2.24) is 10.3 Å². The Morgan fingerprint density at radius 2 is 1.88 bits per heavy atom. The van der Waals surface area contributed by atoms with Crippen molar-refractivity contribution in [3.8, 4) is 0 Å². The van der Waals surface area contributed by atoms with Crippen LogP contribution in [0.5, 0.6) is 0 Å². The molecule has 0 radical (unpaired) electrons. The molecule has 1 aliphatic heterocycles. The van der Waals surface area contributed by atoms with Crippen molar-refractivity contribution >= 4 is 10.9 Å². The second-order valence-corrected chi connectivity index (χ2v) is 6.34. The lowest BCUT2D eigenvalue weighted by atomic mass is 9.95. The Labute approximate surface area is 145 Å². The number of aliphatic hydroxyl groups excluding tert-OH is 1. The molecule has 9 heteroatoms. The van der Waals surface area contributed by atoms with E-state index in [9.17, 15) is 31.4 Å². The van der Waals surface area contributed by atoms with Crippen molar-refractivity contribution in [3.05, 3.63) is 41.1 Å². The zero-order chi connectivity index (χ0) is 19.1. The smallest absolute Gasteiger partial charge is 0.388 e. The van der Waals surface area contributed by atoms with Gasteiger partial charge < -0.3 is 10.4 Å². The topological polar surface area (TPSA) is 45.1 Å². The van der Waals surface area contributed by atoms with Crippen molar-refractivity contribution < 1.29 is 31.4 Å². The molecule has 0 amide bonds. The number of hydrogen-bond donors (Lipinski definition) is 2. The summed E-state index contributed by atoms with van der Waals surface area (Å²) >= 11 is 0. The third-order valence-corrected chi connectivity index (χ3v) is 4.50. The lowest BCUT2D eigenvalue weighted by Gasteiger charge is -2.20. The highest BCUT2D eigenvalue weighted by Crippen LogP contribution is 2.39. The van der Waals surface area contributed by atoms with Gasteiger partial charge in [0.05, 0.1) is 17.2 Å². The maximum Gasteiger partial charge on any atom is 0.433 e. The molecule has 0 bridgehead atoms. The highest BCUT2D eigenvalue weighted by atomic mass is 19.4. The van der Waals surface area contributed by atoms with Crippen LogP contribution >= 0.6 is 0 Å². The molecule has 0 spiro atoms. The van der Waals surface area contributed by atoms with Crippen molar-refractivity contribution in [1.29, 1.82) is 0 Å². The van der Waals surface area contributed by atoms with E-state index in [2.05, 4.69) is 10.3 Å². The summed E-state index contributed by atoms with van der Waals surface area (Å²) in [6.45, 7) is 0.737. The number of rotatable bonds is 3. The number of alkyl halides is 6. The molecule has 26 heavy (non-hydrogen) atoms. The van der Waals surface area contributed by atoms with Crippen LogP contribution in [0.3, 0.4) is 0 Å². The Bertz CT molecular complexity index is 796. The zero-order valence-electron chi connectivity index (χ0n) is 13.5. The first-order chi connectivity index (χ1) is 12.1. The zero-order valence-corrected chi connectivity index (χ0v) is 13.5. The van der Waals surface area contributed by atoms with Crippen LogP contribution in [0.4, 0.5) is 26.3 Å². The van der Waals surface area contributed by atoms with Crippen LogP contribution in [0.15, 0.2) is 24.3 Å². The van der Waals surface area contributed by atoms with E-state index in [1.807, 2.05) is 0 Å². The molecule has 1 aromatic heterocycles. The van der Waals surface area contributed by atoms with E-state index in [4.69, 9.17) is 0 Å². The number of para-hydroxylation sites is 1. The number of hydrogen-bond acceptors (Lipinski definition) is 3. The van der Waals surface area contributed by atoms with Crippen molar-refractivity contribution in [3.63, 3.8) is 0 Å². The second kappa shape index (κ2) is 6.70. The molecule has 0 aliphatic carbocycles. The molecule has 2 atom stereocenters. The molecular weight excluding hydrogens is 362 g/mol. The van der Waals surface area contributed by atoms with Gasteiger partial charge in [0.25, 0.3) is 0 Å². The number of nitrogens with one attached hydrogen (secondary N) is 1. The average Bonchev–Trinajstić information content (AvgIpc) is 3.04. The van der Waals surface area contributed by atoms with Crippen LogP contribution < -0.4 is 5.32 Å². The molecular formula is C17H16F6N2O. The molecule has 3 nitrogen and oxygen atoms in total. The predicted molar refractivity (Wildman–Crippen MR) is 82.3 cm³/mol. The average molecular weight is 378 g/mol. The lowest BCUT2D eigenvalue weighted by molar-refractivity contribution is -0.142. The van der Waals surface area contributed by atoms with Gasteiger partial charge in [0, 0.05) is 11.4 Å². The molecule has 0 saturated carbocycles. The molecule has 1 saturated heterocycles. The Hall–Kier alpha value is -1.87. The van der Waals surface area contributed by atoms with Crippen LogP contribution in [-0.2, 0) is 12.4 Å². The molecule has 3 rings (SSSR count). The molecule has 1 aromatic carbocycles. The minimum Gasteiger partial charge on any atom is -0.388 e. The van der Waals surface area contributed by atoms with E-state index < -0.39 is 35.2 Å². The van der Waals surface area contributed by atoms with Gasteiger partial charge in [-0.1, -0.05) is 12.1 Å². The number of fused-ring (bicyclic) bond motifs is 1. The first kappa shape index (κ1) is 18.9. The third kappa shape index (κ3) is 3.78. The summed E-state index contributed by atoms with van der Waals surface area (Å²) in [7, 11) is 0. The minimum atomic E-state index is -4.92. The summed E-state index contributed by atoms with van der Waals surface area (Å²) in [5, 5.41) is 13.4. The second-order valence-electron chi connectivity index (χ2n) is 6.34. The number of benzene rings is 1. The fourth-order valence-corrected chi connectivity index (χ4v) is 3.28. The SMILES string of the molecule is OC(CC1CCCN1)c1cc(C(F)(F)F)nc2c(C(F)(F)F)cccc12. The molecule has 2 unspecified atom stereocenters. The van der Waals surface area contributed by atoms with Crippen LogP contribution in [-0.4, -0.2) is 22.7 Å². The lowest BCUT2D eigenvalue weighted by Crippen LogP contribution is -2.24. The van der Waals surface area contributed by atoms with Gasteiger partial charge in [0.15, 0.2) is 0 Å². The van der Waals surface area contributed by atoms with Gasteiger partial charge in [0.1, 0.15) is 5.69 Å². The van der Waals surface area contributed by atoms with Gasteiger partial charge >= 0.3 is 12.4 Å². The Balaban J connectivity index is 2.16. The van der Waals surface area contributed by atoms with Gasteiger partial charge in [-0.15, -0.1) is 0 Å². The standard InChI is InChI=1S/C17H16F6N2O/c18-16(19,20)12-5-1-4-10-11(13(26)7-9-3-2-6-24-9)8-14(17(21,22)23)25-15(10)12/h1,4-5,8-9,13,24,26H,2-3,6-7H2. The van der Waals surface area contributed by atoms with Gasteiger partial charge in [0.2, 0.25) is 0 Å². The van der Waals surface area contributed by atoms with E-state index >= 15 is 0 Å². The van der Waals surface area contributed by atoms with E-state index in [0.29, 0.717) is 12.1 Å². The van der Waals surface area contributed by atoms with Crippen LogP contribution in [0, 0.1) is 0 Å². The molecule has 142 valence electrons. The number of aromatic nitrogens is 1. The van der Waals surface area contributed by atoms with E-state index in [0.717, 1.165) is 25.5 Å². The Morgan fingerprint density at radius 3 is 2.46 bits per heavy atom. The number of aliphatic hydroxyl groups is 1. The summed E-state index contributed by atoms with van der Waals surface area (Å²) in [6, 6.07) is 3.59. The number of halogens is 6. The molecule has 2 N–H and O–H groups in total. The van der Waals surface area contributed by atoms with E-state index in [1.54, 1.807) is 0 Å². The summed E-state index contributed by atoms with van der Waals surface area (Å²) in [4.78, 5) is 3.22. The van der Waals surface area contributed by atoms with Gasteiger partial charge in [-0.2, -0.15) is 26.3 Å². The quantitative estimate of drug-likeness (QED) is 0.776. The molecule has 1 fully saturated rings. The maximum absolute atomic E-state index is 13.2. The molecule has 1 aliphatic rings. The first-order valence-corrected chi connectivity index (χ1v) is 8.07. The number of nitrogens with zero attached hydrogens (tertiary/aromatic N) is 1. The highest BCUT2D eigenvalue weighted by molar-refractivity contribution is 5.86. The van der Waals surface area contributed by atoms with E-state index in [-0.39, 0.29) is 23.4 Å². The van der Waals surface area contributed by atoms with Crippen LogP contribution in [0.2, 0.25) is 0 Å². The monoisotopic (exact) mass is 378 g/mol. The fourth-order valence-electron chi connectivity index (χ4n) is 3.28. The number of pyridine rings is 1. The van der Waals surface area contributed by atoms with Crippen LogP contribution in [0.25, 0.3) is 10.9 Å². The molecule has 2 heterocycles. The summed E-state index contributed by atoms with van der Waals surface area (Å²) in [6.07, 6.45) is -9.37. The fraction of sp³-hybridized carbons (Fsp3) is 0.471. The van der Waals surface area contributed by atoms with Crippen molar-refractivity contribution in [2.75, 3.05) is 6.54 Å². The van der Waals surface area contributed by atoms with Gasteiger partial charge in [-0.25, -0.2) is 4.98 Å². The largest absolute Gasteiger partial charge is 0.433 e. The van der Waals surface area contributed by atoms with Crippen molar-refractivity contribution in [2.45, 2.75) is 43.8 Å². The molecule has 2 aromatic rings.